The molecule has 2 N–H and O–H groups in total. The summed E-state index contributed by atoms with van der Waals surface area (Å²) in [4.78, 5) is 13.3. The number of rotatable bonds is 9. The molecule has 3 aromatic rings. The largest absolute Gasteiger partial charge is 1.00 e. The van der Waals surface area contributed by atoms with Crippen molar-refractivity contribution in [3.63, 3.8) is 0 Å². The lowest BCUT2D eigenvalue weighted by Crippen LogP contribution is -3.00. The van der Waals surface area contributed by atoms with E-state index in [0.29, 0.717) is 6.04 Å². The van der Waals surface area contributed by atoms with Crippen LogP contribution < -0.4 is 27.3 Å². The Morgan fingerprint density at radius 2 is 1.67 bits per heavy atom. The molecule has 1 saturated carbocycles. The minimum absolute atomic E-state index is 0. The van der Waals surface area contributed by atoms with Crippen LogP contribution in [0.25, 0.3) is 0 Å². The Morgan fingerprint density at radius 1 is 1.03 bits per heavy atom. The third-order valence-corrected chi connectivity index (χ3v) is 7.73. The first kappa shape index (κ1) is 27.7. The van der Waals surface area contributed by atoms with E-state index in [0.717, 1.165) is 43.4 Å². The van der Waals surface area contributed by atoms with Gasteiger partial charge in [-0.2, -0.15) is 0 Å². The van der Waals surface area contributed by atoms with Crippen LogP contribution in [-0.4, -0.2) is 10.5 Å². The van der Waals surface area contributed by atoms with Gasteiger partial charge in [-0.1, -0.05) is 92.3 Å². The Bertz CT molecular complexity index is 1140. The van der Waals surface area contributed by atoms with Crippen molar-refractivity contribution in [3.05, 3.63) is 90.0 Å². The van der Waals surface area contributed by atoms with E-state index in [-0.39, 0.29) is 28.8 Å². The molecule has 1 aliphatic carbocycles. The number of benzene rings is 2. The number of primary amides is 1. The molecule has 1 aromatic heterocycles. The zero-order chi connectivity index (χ0) is 24.7. The van der Waals surface area contributed by atoms with Crippen molar-refractivity contribution >= 4 is 5.91 Å². The fourth-order valence-electron chi connectivity index (χ4n) is 5.89. The number of aromatic nitrogens is 2. The number of nitrogens with two attached hydrogens (primary N) is 1. The van der Waals surface area contributed by atoms with Gasteiger partial charge in [-0.3, -0.25) is 4.79 Å². The van der Waals surface area contributed by atoms with Crippen molar-refractivity contribution in [2.45, 2.75) is 76.8 Å². The first-order valence-electron chi connectivity index (χ1n) is 13.0. The van der Waals surface area contributed by atoms with Crippen LogP contribution >= 0.6 is 0 Å². The number of carbonyl (C=O) groups is 1. The summed E-state index contributed by atoms with van der Waals surface area (Å²) in [5.41, 5.74) is 7.41. The van der Waals surface area contributed by atoms with Crippen molar-refractivity contribution in [2.75, 3.05) is 0 Å². The molecule has 0 aliphatic heterocycles. The topological polar surface area (TPSA) is 51.9 Å². The zero-order valence-corrected chi connectivity index (χ0v) is 23.1. The Morgan fingerprint density at radius 3 is 2.25 bits per heavy atom. The fourth-order valence-corrected chi connectivity index (χ4v) is 5.89. The standard InChI is InChI=1S/C31H37N3O.BrH/c1-3-4-5-6-7-14-21-33-22-23-34(25(33)2)29-20-19-28(24-29)31(30(32)35,26-15-10-8-11-16-26)27-17-12-9-13-18-27;/h8-13,15-18,22-23,28-29H,3-6,19-21,24H2,1-2H3,(H-,32,35);1H/t28-,29+;/m1./s1. The molecule has 2 atom stereocenters. The lowest BCUT2D eigenvalue weighted by atomic mass is 9.64. The van der Waals surface area contributed by atoms with Gasteiger partial charge in [-0.15, -0.1) is 0 Å². The predicted octanol–water partition coefficient (Wildman–Crippen LogP) is 2.48. The molecule has 0 saturated heterocycles. The van der Waals surface area contributed by atoms with Crippen molar-refractivity contribution < 1.29 is 26.3 Å². The van der Waals surface area contributed by atoms with Crippen LogP contribution in [0.3, 0.4) is 0 Å². The Kier molecular flexibility index (Phi) is 9.96. The summed E-state index contributed by atoms with van der Waals surface area (Å²) in [6, 6.07) is 20.6. The van der Waals surface area contributed by atoms with Gasteiger partial charge < -0.3 is 22.7 Å². The molecule has 0 bridgehead atoms. The average molecular weight is 549 g/mol. The van der Waals surface area contributed by atoms with Gasteiger partial charge in [0.25, 0.3) is 5.82 Å². The van der Waals surface area contributed by atoms with Crippen LogP contribution in [0, 0.1) is 24.7 Å². The molecule has 4 nitrogen and oxygen atoms in total. The van der Waals surface area contributed by atoms with E-state index in [1.165, 1.54) is 25.1 Å². The highest BCUT2D eigenvalue weighted by Crippen LogP contribution is 2.48. The fraction of sp³-hybridized carbons (Fsp3) is 0.419. The maximum absolute atomic E-state index is 13.3. The summed E-state index contributed by atoms with van der Waals surface area (Å²) in [5, 5.41) is 0. The van der Waals surface area contributed by atoms with Crippen molar-refractivity contribution in [3.8, 4) is 11.8 Å². The first-order valence-corrected chi connectivity index (χ1v) is 13.0. The van der Waals surface area contributed by atoms with Gasteiger partial charge in [0.15, 0.2) is 6.54 Å². The van der Waals surface area contributed by atoms with Crippen LogP contribution in [-0.2, 0) is 16.8 Å². The number of amides is 1. The number of nitrogens with zero attached hydrogens (tertiary/aromatic N) is 2. The van der Waals surface area contributed by atoms with E-state index in [4.69, 9.17) is 5.73 Å². The maximum atomic E-state index is 13.3. The molecule has 1 amide bonds. The summed E-state index contributed by atoms with van der Waals surface area (Å²) in [6.45, 7) is 5.11. The highest BCUT2D eigenvalue weighted by Gasteiger charge is 2.51. The van der Waals surface area contributed by atoms with Gasteiger partial charge in [-0.25, -0.2) is 9.13 Å². The molecule has 1 aliphatic rings. The Labute approximate surface area is 226 Å². The minimum atomic E-state index is -0.835. The third-order valence-electron chi connectivity index (χ3n) is 7.73. The first-order chi connectivity index (χ1) is 17.1. The van der Waals surface area contributed by atoms with Gasteiger partial charge in [0.05, 0.1) is 0 Å². The zero-order valence-electron chi connectivity index (χ0n) is 21.5. The normalized spacial score (nSPS) is 17.2. The van der Waals surface area contributed by atoms with Gasteiger partial charge in [0, 0.05) is 13.3 Å². The molecule has 0 spiro atoms. The van der Waals surface area contributed by atoms with Gasteiger partial charge in [0.1, 0.15) is 23.9 Å². The monoisotopic (exact) mass is 547 g/mol. The smallest absolute Gasteiger partial charge is 0.254 e. The third kappa shape index (κ3) is 5.60. The van der Waals surface area contributed by atoms with Crippen molar-refractivity contribution in [2.24, 2.45) is 11.7 Å². The molecular formula is C31H38BrN3O. The Balaban J connectivity index is 0.00000361. The number of halogens is 1. The van der Waals surface area contributed by atoms with Crippen molar-refractivity contribution in [1.29, 1.82) is 0 Å². The Hall–Kier alpha value is -2.84. The number of carbonyl (C=O) groups excluding carboxylic acids is 1. The number of hydrogen-bond acceptors (Lipinski definition) is 1. The van der Waals surface area contributed by atoms with E-state index >= 15 is 0 Å². The van der Waals surface area contributed by atoms with Gasteiger partial charge in [0.2, 0.25) is 5.91 Å². The quantitative estimate of drug-likeness (QED) is 0.250. The number of hydrogen-bond donors (Lipinski definition) is 1. The number of unbranched alkanes of at least 4 members (excludes halogenated alkanes) is 3. The second kappa shape index (κ2) is 12.9. The molecule has 5 heteroatoms. The highest BCUT2D eigenvalue weighted by atomic mass is 79.9. The maximum Gasteiger partial charge on any atom is 0.254 e. The van der Waals surface area contributed by atoms with Crippen LogP contribution in [0.15, 0.2) is 73.1 Å². The second-order valence-electron chi connectivity index (χ2n) is 9.76. The highest BCUT2D eigenvalue weighted by molar-refractivity contribution is 5.91. The molecule has 0 unspecified atom stereocenters. The SMILES string of the molecule is CCCCCC#CCn1cc[n+]([C@H]2CC[C@@H](C(C(N)=O)(c3ccccc3)c3ccccc3)C2)c1C.[Br-]. The molecule has 1 fully saturated rings. The van der Waals surface area contributed by atoms with E-state index < -0.39 is 5.41 Å². The summed E-state index contributed by atoms with van der Waals surface area (Å²) in [5.74, 6) is 7.73. The summed E-state index contributed by atoms with van der Waals surface area (Å²) in [6.07, 6.45) is 11.8. The molecule has 190 valence electrons. The summed E-state index contributed by atoms with van der Waals surface area (Å²) in [7, 11) is 0. The van der Waals surface area contributed by atoms with Crippen molar-refractivity contribution in [1.82, 2.24) is 4.57 Å². The van der Waals surface area contributed by atoms with E-state index in [2.05, 4.69) is 71.5 Å². The molecule has 1 heterocycles. The minimum Gasteiger partial charge on any atom is -1.00 e. The predicted molar refractivity (Wildman–Crippen MR) is 141 cm³/mol. The van der Waals surface area contributed by atoms with E-state index in [9.17, 15) is 4.79 Å². The van der Waals surface area contributed by atoms with E-state index in [1.54, 1.807) is 0 Å². The molecular weight excluding hydrogens is 510 g/mol. The number of imidazole rings is 1. The van der Waals surface area contributed by atoms with Gasteiger partial charge in [-0.05, 0) is 42.7 Å². The van der Waals surface area contributed by atoms with Gasteiger partial charge >= 0.3 is 0 Å². The van der Waals surface area contributed by atoms with Crippen LogP contribution in [0.1, 0.15) is 74.9 Å². The molecule has 4 rings (SSSR count). The molecule has 2 aromatic carbocycles. The lowest BCUT2D eigenvalue weighted by molar-refractivity contribution is -0.727. The summed E-state index contributed by atoms with van der Waals surface area (Å²) < 4.78 is 4.61. The lowest BCUT2D eigenvalue weighted by Gasteiger charge is -2.37. The molecule has 0 radical (unpaired) electrons. The van der Waals surface area contributed by atoms with Crippen LogP contribution in [0.4, 0.5) is 0 Å². The van der Waals surface area contributed by atoms with Crippen LogP contribution in [0.5, 0.6) is 0 Å². The van der Waals surface area contributed by atoms with E-state index in [1.807, 2.05) is 36.4 Å². The molecule has 36 heavy (non-hydrogen) atoms. The summed E-state index contributed by atoms with van der Waals surface area (Å²) >= 11 is 0. The average Bonchev–Trinajstić information content (AvgIpc) is 3.50. The second-order valence-corrected chi connectivity index (χ2v) is 9.76. The van der Waals surface area contributed by atoms with Crippen LogP contribution in [0.2, 0.25) is 0 Å².